The summed E-state index contributed by atoms with van der Waals surface area (Å²) in [4.78, 5) is 23.1. The number of amides is 2. The highest BCUT2D eigenvalue weighted by atomic mass is 79.9. The number of halogens is 1. The molecule has 1 rings (SSSR count). The smallest absolute Gasteiger partial charge is 0.267 e. The molecule has 0 unspecified atom stereocenters. The molecular weight excluding hydrogens is 298 g/mol. The summed E-state index contributed by atoms with van der Waals surface area (Å²) in [5.41, 5.74) is 0.566. The molecule has 0 aromatic carbocycles. The normalized spacial score (nSPS) is 10.2. The van der Waals surface area contributed by atoms with E-state index >= 15 is 0 Å². The number of nitrogens with one attached hydrogen (secondary N) is 2. The summed E-state index contributed by atoms with van der Waals surface area (Å²) < 4.78 is 2.59. The van der Waals surface area contributed by atoms with E-state index in [1.54, 1.807) is 17.7 Å². The predicted octanol–water partition coefficient (Wildman–Crippen LogP) is 1.43. The van der Waals surface area contributed by atoms with Crippen LogP contribution >= 0.6 is 15.9 Å². The van der Waals surface area contributed by atoms with Crippen LogP contribution in [0.2, 0.25) is 0 Å². The highest BCUT2D eigenvalue weighted by molar-refractivity contribution is 9.10. The van der Waals surface area contributed by atoms with Crippen LogP contribution in [0.3, 0.4) is 0 Å². The molecule has 1 aromatic rings. The van der Waals surface area contributed by atoms with Gasteiger partial charge in [0.2, 0.25) is 5.91 Å². The fourth-order valence-corrected chi connectivity index (χ4v) is 2.01. The molecule has 0 spiro atoms. The van der Waals surface area contributed by atoms with Crippen LogP contribution in [0.4, 0.5) is 0 Å². The number of carbonyl (C=O) groups is 2. The molecule has 18 heavy (non-hydrogen) atoms. The van der Waals surface area contributed by atoms with Gasteiger partial charge in [-0.2, -0.15) is 0 Å². The molecule has 0 saturated heterocycles. The second-order valence-corrected chi connectivity index (χ2v) is 4.93. The minimum absolute atomic E-state index is 0.0368. The lowest BCUT2D eigenvalue weighted by molar-refractivity contribution is -0.120. The number of aromatic nitrogens is 1. The van der Waals surface area contributed by atoms with Crippen molar-refractivity contribution in [1.29, 1.82) is 0 Å². The van der Waals surface area contributed by atoms with E-state index in [1.165, 1.54) is 0 Å². The monoisotopic (exact) mass is 315 g/mol. The Morgan fingerprint density at radius 2 is 2.06 bits per heavy atom. The Morgan fingerprint density at radius 1 is 1.33 bits per heavy atom. The van der Waals surface area contributed by atoms with Gasteiger partial charge in [0.1, 0.15) is 5.69 Å². The zero-order valence-electron chi connectivity index (χ0n) is 10.6. The zero-order chi connectivity index (χ0) is 13.5. The van der Waals surface area contributed by atoms with Crippen molar-refractivity contribution in [3.63, 3.8) is 0 Å². The summed E-state index contributed by atoms with van der Waals surface area (Å²) in [6.45, 7) is 3.02. The summed E-state index contributed by atoms with van der Waals surface area (Å²) in [5, 5.41) is 5.48. The topological polar surface area (TPSA) is 63.1 Å². The summed E-state index contributed by atoms with van der Waals surface area (Å²) in [6.07, 6.45) is 3.02. The van der Waals surface area contributed by atoms with Gasteiger partial charge in [-0.3, -0.25) is 9.59 Å². The fraction of sp³-hybridized carbons (Fsp3) is 0.500. The van der Waals surface area contributed by atoms with Gasteiger partial charge in [-0.25, -0.2) is 0 Å². The molecule has 2 N–H and O–H groups in total. The predicted molar refractivity (Wildman–Crippen MR) is 73.4 cm³/mol. The summed E-state index contributed by atoms with van der Waals surface area (Å²) in [6, 6.07) is 1.74. The van der Waals surface area contributed by atoms with Gasteiger partial charge in [0.25, 0.3) is 5.91 Å². The zero-order valence-corrected chi connectivity index (χ0v) is 12.2. The average molecular weight is 316 g/mol. The van der Waals surface area contributed by atoms with Crippen molar-refractivity contribution in [2.24, 2.45) is 7.05 Å². The minimum Gasteiger partial charge on any atom is -0.356 e. The largest absolute Gasteiger partial charge is 0.356 e. The van der Waals surface area contributed by atoms with Crippen LogP contribution in [-0.4, -0.2) is 29.5 Å². The molecule has 0 aliphatic carbocycles. The molecule has 1 aromatic heterocycles. The van der Waals surface area contributed by atoms with E-state index in [0.29, 0.717) is 25.2 Å². The van der Waals surface area contributed by atoms with E-state index in [0.717, 1.165) is 10.9 Å². The first-order chi connectivity index (χ1) is 8.54. The average Bonchev–Trinajstić information content (AvgIpc) is 2.65. The number of rotatable bonds is 6. The Bertz CT molecular complexity index is 429. The Hall–Kier alpha value is -1.30. The Labute approximate surface area is 115 Å². The van der Waals surface area contributed by atoms with Crippen LogP contribution < -0.4 is 10.6 Å². The molecule has 0 bridgehead atoms. The van der Waals surface area contributed by atoms with Crippen LogP contribution in [0.5, 0.6) is 0 Å². The molecule has 2 amide bonds. The van der Waals surface area contributed by atoms with Crippen molar-refractivity contribution in [1.82, 2.24) is 15.2 Å². The highest BCUT2D eigenvalue weighted by Gasteiger charge is 2.10. The lowest BCUT2D eigenvalue weighted by atomic mass is 10.3. The molecule has 0 radical (unpaired) electrons. The van der Waals surface area contributed by atoms with Gasteiger partial charge < -0.3 is 15.2 Å². The van der Waals surface area contributed by atoms with Gasteiger partial charge in [-0.15, -0.1) is 0 Å². The molecule has 0 atom stereocenters. The summed E-state index contributed by atoms with van der Waals surface area (Å²) >= 11 is 3.31. The van der Waals surface area contributed by atoms with E-state index in [-0.39, 0.29) is 11.8 Å². The Kier molecular flexibility index (Phi) is 5.91. The number of hydrogen-bond donors (Lipinski definition) is 2. The Morgan fingerprint density at radius 3 is 2.61 bits per heavy atom. The quantitative estimate of drug-likeness (QED) is 0.834. The molecular formula is C12H18BrN3O2. The molecule has 0 fully saturated rings. The maximum atomic E-state index is 11.8. The third-order valence-corrected chi connectivity index (χ3v) is 2.85. The van der Waals surface area contributed by atoms with E-state index in [9.17, 15) is 9.59 Å². The third-order valence-electron chi connectivity index (χ3n) is 2.41. The van der Waals surface area contributed by atoms with Crippen molar-refractivity contribution in [3.05, 3.63) is 22.4 Å². The fourth-order valence-electron chi connectivity index (χ4n) is 1.48. The van der Waals surface area contributed by atoms with Gasteiger partial charge in [0.05, 0.1) is 0 Å². The lowest BCUT2D eigenvalue weighted by Gasteiger charge is -2.06. The molecule has 6 heteroatoms. The van der Waals surface area contributed by atoms with Gasteiger partial charge in [-0.1, -0.05) is 6.92 Å². The summed E-state index contributed by atoms with van der Waals surface area (Å²) in [5.74, 6) is -0.211. The lowest BCUT2D eigenvalue weighted by Crippen LogP contribution is -2.31. The standard InChI is InChI=1S/C12H18BrN3O2/c1-3-5-14-11(17)4-6-15-12(18)10-7-9(13)8-16(10)2/h7-8H,3-6H2,1-2H3,(H,14,17)(H,15,18). The second kappa shape index (κ2) is 7.20. The van der Waals surface area contributed by atoms with Gasteiger partial charge >= 0.3 is 0 Å². The second-order valence-electron chi connectivity index (χ2n) is 4.01. The van der Waals surface area contributed by atoms with Gasteiger partial charge in [0.15, 0.2) is 0 Å². The van der Waals surface area contributed by atoms with Crippen LogP contribution in [0.15, 0.2) is 16.7 Å². The molecule has 5 nitrogen and oxygen atoms in total. The summed E-state index contributed by atoms with van der Waals surface area (Å²) in [7, 11) is 1.80. The van der Waals surface area contributed by atoms with Crippen LogP contribution in [0.25, 0.3) is 0 Å². The van der Waals surface area contributed by atoms with Crippen molar-refractivity contribution >= 4 is 27.7 Å². The maximum Gasteiger partial charge on any atom is 0.267 e. The van der Waals surface area contributed by atoms with E-state index in [2.05, 4.69) is 26.6 Å². The number of carbonyl (C=O) groups excluding carboxylic acids is 2. The minimum atomic E-state index is -0.175. The van der Waals surface area contributed by atoms with Crippen molar-refractivity contribution in [2.75, 3.05) is 13.1 Å². The van der Waals surface area contributed by atoms with Gasteiger partial charge in [-0.05, 0) is 28.4 Å². The SMILES string of the molecule is CCCNC(=O)CCNC(=O)c1cc(Br)cn1C. The van der Waals surface area contributed by atoms with Crippen LogP contribution in [0, 0.1) is 0 Å². The Balaban J connectivity index is 2.34. The maximum absolute atomic E-state index is 11.8. The first kappa shape index (κ1) is 14.8. The molecule has 0 aliphatic heterocycles. The number of nitrogens with zero attached hydrogens (tertiary/aromatic N) is 1. The first-order valence-corrected chi connectivity index (χ1v) is 6.70. The van der Waals surface area contributed by atoms with E-state index in [4.69, 9.17) is 0 Å². The van der Waals surface area contributed by atoms with Crippen LogP contribution in [-0.2, 0) is 11.8 Å². The third kappa shape index (κ3) is 4.52. The van der Waals surface area contributed by atoms with Gasteiger partial charge in [0, 0.05) is 37.2 Å². The van der Waals surface area contributed by atoms with E-state index < -0.39 is 0 Å². The van der Waals surface area contributed by atoms with Crippen molar-refractivity contribution in [2.45, 2.75) is 19.8 Å². The van der Waals surface area contributed by atoms with E-state index in [1.807, 2.05) is 13.1 Å². The molecule has 1 heterocycles. The number of aryl methyl sites for hydroxylation is 1. The van der Waals surface area contributed by atoms with Crippen LogP contribution in [0.1, 0.15) is 30.3 Å². The number of hydrogen-bond acceptors (Lipinski definition) is 2. The first-order valence-electron chi connectivity index (χ1n) is 5.91. The molecule has 100 valence electrons. The van der Waals surface area contributed by atoms with Crippen molar-refractivity contribution < 1.29 is 9.59 Å². The molecule has 0 aliphatic rings. The molecule has 0 saturated carbocycles. The van der Waals surface area contributed by atoms with Crippen molar-refractivity contribution in [3.8, 4) is 0 Å². The highest BCUT2D eigenvalue weighted by Crippen LogP contribution is 2.13.